The summed E-state index contributed by atoms with van der Waals surface area (Å²) in [6.07, 6.45) is 5.46. The smallest absolute Gasteiger partial charge is 0.323 e. The quantitative estimate of drug-likeness (QED) is 0.810. The third-order valence-corrected chi connectivity index (χ3v) is 4.53. The van der Waals surface area contributed by atoms with Gasteiger partial charge in [-0.2, -0.15) is 0 Å². The van der Waals surface area contributed by atoms with Crippen LogP contribution in [0.5, 0.6) is 0 Å². The normalized spacial score (nSPS) is 15.3. The van der Waals surface area contributed by atoms with E-state index < -0.39 is 5.97 Å². The number of aliphatic carboxylic acids is 1. The highest BCUT2D eigenvalue weighted by molar-refractivity contribution is 5.76. The molecule has 0 atom stereocenters. The van der Waals surface area contributed by atoms with Crippen molar-refractivity contribution in [1.29, 1.82) is 0 Å². The molecule has 24 heavy (non-hydrogen) atoms. The molecule has 2 rings (SSSR count). The minimum Gasteiger partial charge on any atom is -0.480 e. The van der Waals surface area contributed by atoms with E-state index >= 15 is 0 Å². The summed E-state index contributed by atoms with van der Waals surface area (Å²) in [4.78, 5) is 42.2. The van der Waals surface area contributed by atoms with Crippen LogP contribution in [0.25, 0.3) is 0 Å². The number of hydrogen-bond donors (Lipinski definition) is 1. The van der Waals surface area contributed by atoms with E-state index in [-0.39, 0.29) is 24.4 Å². The van der Waals surface area contributed by atoms with Gasteiger partial charge in [-0.05, 0) is 12.8 Å². The summed E-state index contributed by atoms with van der Waals surface area (Å²) < 4.78 is 1.55. The monoisotopic (exact) mass is 336 g/mol. The van der Waals surface area contributed by atoms with Crippen molar-refractivity contribution in [3.63, 3.8) is 0 Å². The van der Waals surface area contributed by atoms with Crippen molar-refractivity contribution < 1.29 is 19.5 Å². The number of piperidine rings is 1. The zero-order valence-electron chi connectivity index (χ0n) is 14.1. The molecule has 132 valence electrons. The van der Waals surface area contributed by atoms with Crippen molar-refractivity contribution in [2.24, 2.45) is 0 Å². The van der Waals surface area contributed by atoms with Gasteiger partial charge in [0.2, 0.25) is 11.8 Å². The molecule has 1 fully saturated rings. The molecule has 2 heterocycles. The Labute approximate surface area is 141 Å². The molecule has 0 aliphatic carbocycles. The minimum absolute atomic E-state index is 0.0452. The van der Waals surface area contributed by atoms with E-state index in [0.29, 0.717) is 31.8 Å². The highest BCUT2D eigenvalue weighted by atomic mass is 16.4. The number of aryl methyl sites for hydroxylation is 1. The standard InChI is InChI=1S/C16H24N4O4/c1-12(21)18(2)13-5-8-19(9-6-13)15(22)4-3-14-17-7-10-20(14)11-16(23)24/h7,10,13H,3-6,8-9,11H2,1-2H3,(H,23,24). The zero-order valence-corrected chi connectivity index (χ0v) is 14.1. The lowest BCUT2D eigenvalue weighted by Crippen LogP contribution is -2.46. The van der Waals surface area contributed by atoms with Crippen LogP contribution < -0.4 is 0 Å². The lowest BCUT2D eigenvalue weighted by molar-refractivity contribution is -0.138. The number of amides is 2. The number of hydrogen-bond acceptors (Lipinski definition) is 4. The van der Waals surface area contributed by atoms with E-state index in [1.807, 2.05) is 4.90 Å². The third kappa shape index (κ3) is 4.56. The van der Waals surface area contributed by atoms with E-state index in [9.17, 15) is 14.4 Å². The molecular formula is C16H24N4O4. The van der Waals surface area contributed by atoms with Gasteiger partial charge in [0.15, 0.2) is 0 Å². The van der Waals surface area contributed by atoms with Gasteiger partial charge in [-0.3, -0.25) is 14.4 Å². The average molecular weight is 336 g/mol. The minimum atomic E-state index is -0.933. The Kier molecular flexibility index (Phi) is 5.94. The second kappa shape index (κ2) is 7.94. The number of carboxylic acids is 1. The molecule has 1 N–H and O–H groups in total. The van der Waals surface area contributed by atoms with Gasteiger partial charge in [0, 0.05) is 58.3 Å². The molecule has 0 aromatic carbocycles. The molecule has 0 bridgehead atoms. The maximum atomic E-state index is 12.3. The average Bonchev–Trinajstić information content (AvgIpc) is 2.98. The maximum Gasteiger partial charge on any atom is 0.323 e. The van der Waals surface area contributed by atoms with Crippen LogP contribution in [0.4, 0.5) is 0 Å². The highest BCUT2D eigenvalue weighted by Gasteiger charge is 2.26. The van der Waals surface area contributed by atoms with Gasteiger partial charge >= 0.3 is 5.97 Å². The first-order chi connectivity index (χ1) is 11.4. The number of likely N-dealkylation sites (tertiary alicyclic amines) is 1. The summed E-state index contributed by atoms with van der Waals surface area (Å²) in [5, 5.41) is 8.85. The van der Waals surface area contributed by atoms with Crippen LogP contribution in [-0.4, -0.2) is 68.4 Å². The van der Waals surface area contributed by atoms with Gasteiger partial charge in [0.25, 0.3) is 0 Å². The molecule has 2 amide bonds. The van der Waals surface area contributed by atoms with Gasteiger partial charge < -0.3 is 19.5 Å². The van der Waals surface area contributed by atoms with Gasteiger partial charge in [-0.15, -0.1) is 0 Å². The number of aromatic nitrogens is 2. The van der Waals surface area contributed by atoms with Gasteiger partial charge in [0.1, 0.15) is 12.4 Å². The molecule has 1 aliphatic heterocycles. The number of imidazole rings is 1. The van der Waals surface area contributed by atoms with E-state index in [0.717, 1.165) is 12.8 Å². The molecule has 8 nitrogen and oxygen atoms in total. The van der Waals surface area contributed by atoms with E-state index in [1.165, 1.54) is 0 Å². The number of carboxylic acid groups (broad SMARTS) is 1. The first-order valence-electron chi connectivity index (χ1n) is 8.11. The molecule has 0 saturated carbocycles. The highest BCUT2D eigenvalue weighted by Crippen LogP contribution is 2.16. The van der Waals surface area contributed by atoms with Crippen molar-refractivity contribution in [2.45, 2.75) is 45.2 Å². The summed E-state index contributed by atoms with van der Waals surface area (Å²) in [6.45, 7) is 2.69. The molecule has 0 unspecified atom stereocenters. The topological polar surface area (TPSA) is 95.7 Å². The first-order valence-corrected chi connectivity index (χ1v) is 8.11. The van der Waals surface area contributed by atoms with Crippen LogP contribution in [0, 0.1) is 0 Å². The number of nitrogens with zero attached hydrogens (tertiary/aromatic N) is 4. The summed E-state index contributed by atoms with van der Waals surface area (Å²) in [6, 6.07) is 0.195. The summed E-state index contributed by atoms with van der Waals surface area (Å²) in [5.74, 6) is -0.233. The predicted octanol–water partition coefficient (Wildman–Crippen LogP) is 0.370. The lowest BCUT2D eigenvalue weighted by atomic mass is 10.0. The van der Waals surface area contributed by atoms with Crippen LogP contribution >= 0.6 is 0 Å². The number of rotatable bonds is 6. The molecule has 8 heteroatoms. The van der Waals surface area contributed by atoms with Crippen molar-refractivity contribution in [3.05, 3.63) is 18.2 Å². The van der Waals surface area contributed by atoms with Gasteiger partial charge in [0.05, 0.1) is 0 Å². The fraction of sp³-hybridized carbons (Fsp3) is 0.625. The molecule has 1 saturated heterocycles. The Hall–Kier alpha value is -2.38. The largest absolute Gasteiger partial charge is 0.480 e. The Morgan fingerprint density at radius 3 is 2.58 bits per heavy atom. The fourth-order valence-electron chi connectivity index (χ4n) is 2.99. The van der Waals surface area contributed by atoms with Crippen molar-refractivity contribution in [2.75, 3.05) is 20.1 Å². The van der Waals surface area contributed by atoms with Crippen LogP contribution in [-0.2, 0) is 27.3 Å². The zero-order chi connectivity index (χ0) is 17.7. The van der Waals surface area contributed by atoms with Crippen LogP contribution in [0.15, 0.2) is 12.4 Å². The van der Waals surface area contributed by atoms with Gasteiger partial charge in [-0.25, -0.2) is 4.98 Å². The first kappa shape index (κ1) is 18.0. The molecule has 1 aliphatic rings. The second-order valence-corrected chi connectivity index (χ2v) is 6.11. The van der Waals surface area contributed by atoms with Crippen LogP contribution in [0.1, 0.15) is 32.0 Å². The fourth-order valence-corrected chi connectivity index (χ4v) is 2.99. The van der Waals surface area contributed by atoms with E-state index in [4.69, 9.17) is 5.11 Å². The molecule has 1 aromatic heterocycles. The Morgan fingerprint density at radius 1 is 1.33 bits per heavy atom. The Bertz CT molecular complexity index is 605. The van der Waals surface area contributed by atoms with E-state index in [2.05, 4.69) is 4.98 Å². The maximum absolute atomic E-state index is 12.3. The second-order valence-electron chi connectivity index (χ2n) is 6.11. The summed E-state index contributed by atoms with van der Waals surface area (Å²) >= 11 is 0. The number of carbonyl (C=O) groups is 3. The van der Waals surface area contributed by atoms with Gasteiger partial charge in [-0.1, -0.05) is 0 Å². The van der Waals surface area contributed by atoms with Crippen molar-refractivity contribution in [1.82, 2.24) is 19.4 Å². The molecular weight excluding hydrogens is 312 g/mol. The Balaban J connectivity index is 1.81. The van der Waals surface area contributed by atoms with Crippen LogP contribution in [0.2, 0.25) is 0 Å². The Morgan fingerprint density at radius 2 is 2.00 bits per heavy atom. The molecule has 0 radical (unpaired) electrons. The van der Waals surface area contributed by atoms with Crippen LogP contribution in [0.3, 0.4) is 0 Å². The van der Waals surface area contributed by atoms with Crippen molar-refractivity contribution >= 4 is 17.8 Å². The third-order valence-electron chi connectivity index (χ3n) is 4.53. The SMILES string of the molecule is CC(=O)N(C)C1CCN(C(=O)CCc2nccn2CC(=O)O)CC1. The number of carbonyl (C=O) groups excluding carboxylic acids is 2. The lowest BCUT2D eigenvalue weighted by Gasteiger charge is -2.36. The molecule has 1 aromatic rings. The summed E-state index contributed by atoms with van der Waals surface area (Å²) in [5.41, 5.74) is 0. The van der Waals surface area contributed by atoms with E-state index in [1.54, 1.807) is 35.8 Å². The molecule has 0 spiro atoms. The summed E-state index contributed by atoms with van der Waals surface area (Å²) in [7, 11) is 1.80. The predicted molar refractivity (Wildman–Crippen MR) is 86.2 cm³/mol. The van der Waals surface area contributed by atoms with Crippen molar-refractivity contribution in [3.8, 4) is 0 Å².